The van der Waals surface area contributed by atoms with Crippen LogP contribution < -0.4 is 5.32 Å². The molecule has 20 heavy (non-hydrogen) atoms. The van der Waals surface area contributed by atoms with E-state index in [1.807, 2.05) is 11.3 Å². The van der Waals surface area contributed by atoms with Gasteiger partial charge < -0.3 is 5.32 Å². The number of rotatable bonds is 3. The van der Waals surface area contributed by atoms with E-state index in [0.717, 1.165) is 11.8 Å². The second-order valence-electron chi connectivity index (χ2n) is 6.53. The molecule has 1 nitrogen and oxygen atoms in total. The van der Waals surface area contributed by atoms with Gasteiger partial charge in [-0.25, -0.2) is 0 Å². The van der Waals surface area contributed by atoms with Crippen LogP contribution in [0.5, 0.6) is 0 Å². The highest BCUT2D eigenvalue weighted by Crippen LogP contribution is 2.31. The molecule has 1 aliphatic carbocycles. The van der Waals surface area contributed by atoms with Gasteiger partial charge in [0.05, 0.1) is 0 Å². The first-order valence-corrected chi connectivity index (χ1v) is 8.84. The number of fused-ring (bicyclic) bond motifs is 1. The van der Waals surface area contributed by atoms with Gasteiger partial charge in [-0.15, -0.1) is 11.3 Å². The van der Waals surface area contributed by atoms with E-state index < -0.39 is 0 Å². The Hall–Kier alpha value is -1.02. The lowest BCUT2D eigenvalue weighted by atomic mass is 9.89. The lowest BCUT2D eigenvalue weighted by Crippen LogP contribution is -2.18. The van der Waals surface area contributed by atoms with E-state index in [9.17, 15) is 0 Å². The largest absolute Gasteiger partial charge is 0.382 e. The minimum atomic E-state index is 0.662. The first-order valence-electron chi connectivity index (χ1n) is 7.96. The third-order valence-electron chi connectivity index (χ3n) is 4.78. The summed E-state index contributed by atoms with van der Waals surface area (Å²) < 4.78 is 1.39. The molecule has 0 spiro atoms. The topological polar surface area (TPSA) is 12.0 Å². The molecule has 2 heteroatoms. The van der Waals surface area contributed by atoms with Crippen molar-refractivity contribution in [3.8, 4) is 0 Å². The zero-order valence-electron chi connectivity index (χ0n) is 12.6. The van der Waals surface area contributed by atoms with E-state index in [2.05, 4.69) is 48.8 Å². The maximum atomic E-state index is 3.77. The molecule has 0 radical (unpaired) electrons. The van der Waals surface area contributed by atoms with Crippen molar-refractivity contribution in [3.05, 3.63) is 29.6 Å². The molecule has 1 heterocycles. The van der Waals surface area contributed by atoms with Gasteiger partial charge in [0.1, 0.15) is 0 Å². The molecule has 0 amide bonds. The number of anilines is 1. The van der Waals surface area contributed by atoms with Crippen molar-refractivity contribution >= 4 is 27.1 Å². The molecule has 1 fully saturated rings. The molecule has 0 saturated heterocycles. The molecule has 3 rings (SSSR count). The van der Waals surface area contributed by atoms with Crippen LogP contribution in [0.15, 0.2) is 29.6 Å². The first-order chi connectivity index (χ1) is 9.72. The smallest absolute Gasteiger partial charge is 0.0349 e. The van der Waals surface area contributed by atoms with E-state index in [1.165, 1.54) is 47.9 Å². The lowest BCUT2D eigenvalue weighted by molar-refractivity contribution is 0.341. The van der Waals surface area contributed by atoms with E-state index in [-0.39, 0.29) is 0 Å². The van der Waals surface area contributed by atoms with Crippen molar-refractivity contribution in [2.24, 2.45) is 11.8 Å². The lowest BCUT2D eigenvalue weighted by Gasteiger charge is -2.20. The Bertz CT molecular complexity index is 557. The summed E-state index contributed by atoms with van der Waals surface area (Å²) in [5.74, 6) is 1.78. The van der Waals surface area contributed by atoms with Crippen LogP contribution in [0.25, 0.3) is 10.1 Å². The molecule has 1 aromatic carbocycles. The third kappa shape index (κ3) is 3.17. The van der Waals surface area contributed by atoms with Crippen LogP contribution >= 0.6 is 11.3 Å². The molecular formula is C18H25NS. The van der Waals surface area contributed by atoms with Gasteiger partial charge in [0.25, 0.3) is 0 Å². The summed E-state index contributed by atoms with van der Waals surface area (Å²) >= 11 is 1.82. The van der Waals surface area contributed by atoms with Crippen molar-refractivity contribution in [2.75, 3.05) is 5.32 Å². The van der Waals surface area contributed by atoms with E-state index in [4.69, 9.17) is 0 Å². The van der Waals surface area contributed by atoms with Crippen molar-refractivity contribution < 1.29 is 0 Å². The summed E-state index contributed by atoms with van der Waals surface area (Å²) in [6, 6.07) is 9.67. The van der Waals surface area contributed by atoms with E-state index in [1.54, 1.807) is 0 Å². The zero-order chi connectivity index (χ0) is 13.9. The molecule has 2 aromatic rings. The SMILES string of the molecule is CC(C)C1CCCC(Nc2ccc3sccc3c2)CC1. The van der Waals surface area contributed by atoms with Crippen molar-refractivity contribution in [1.29, 1.82) is 0 Å². The minimum absolute atomic E-state index is 0.662. The maximum absolute atomic E-state index is 3.77. The zero-order valence-corrected chi connectivity index (χ0v) is 13.4. The Labute approximate surface area is 126 Å². The second-order valence-corrected chi connectivity index (χ2v) is 7.47. The van der Waals surface area contributed by atoms with Gasteiger partial charge in [-0.1, -0.05) is 26.7 Å². The van der Waals surface area contributed by atoms with Gasteiger partial charge in [-0.2, -0.15) is 0 Å². The van der Waals surface area contributed by atoms with Gasteiger partial charge in [-0.05, 0) is 66.1 Å². The summed E-state index contributed by atoms with van der Waals surface area (Å²) in [5, 5.41) is 7.31. The van der Waals surface area contributed by atoms with E-state index in [0.29, 0.717) is 6.04 Å². The maximum Gasteiger partial charge on any atom is 0.0349 e. The Kier molecular flexibility index (Phi) is 4.30. The Balaban J connectivity index is 1.65. The molecule has 108 valence electrons. The van der Waals surface area contributed by atoms with Crippen LogP contribution in [0.3, 0.4) is 0 Å². The summed E-state index contributed by atoms with van der Waals surface area (Å²) in [6.07, 6.45) is 6.83. The molecule has 1 aromatic heterocycles. The number of nitrogens with one attached hydrogen (secondary N) is 1. The Morgan fingerprint density at radius 1 is 1.10 bits per heavy atom. The summed E-state index contributed by atoms with van der Waals surface area (Å²) in [7, 11) is 0. The third-order valence-corrected chi connectivity index (χ3v) is 5.68. The Morgan fingerprint density at radius 2 is 2.00 bits per heavy atom. The van der Waals surface area contributed by atoms with Crippen molar-refractivity contribution in [1.82, 2.24) is 0 Å². The van der Waals surface area contributed by atoms with Gasteiger partial charge in [-0.3, -0.25) is 0 Å². The number of hydrogen-bond donors (Lipinski definition) is 1. The van der Waals surface area contributed by atoms with Crippen LogP contribution in [-0.4, -0.2) is 6.04 Å². The predicted octanol–water partition coefficient (Wildman–Crippen LogP) is 5.92. The number of benzene rings is 1. The highest BCUT2D eigenvalue weighted by atomic mass is 32.1. The summed E-state index contributed by atoms with van der Waals surface area (Å²) in [4.78, 5) is 0. The number of hydrogen-bond acceptors (Lipinski definition) is 2. The molecule has 1 aliphatic rings. The molecular weight excluding hydrogens is 262 g/mol. The van der Waals surface area contributed by atoms with Crippen LogP contribution in [-0.2, 0) is 0 Å². The van der Waals surface area contributed by atoms with Gasteiger partial charge in [0.2, 0.25) is 0 Å². The molecule has 1 saturated carbocycles. The average molecular weight is 287 g/mol. The Morgan fingerprint density at radius 3 is 2.85 bits per heavy atom. The van der Waals surface area contributed by atoms with Crippen LogP contribution in [0, 0.1) is 11.8 Å². The molecule has 2 atom stereocenters. The summed E-state index contributed by atoms with van der Waals surface area (Å²) in [5.41, 5.74) is 1.30. The highest BCUT2D eigenvalue weighted by Gasteiger charge is 2.20. The molecule has 2 unspecified atom stereocenters. The van der Waals surface area contributed by atoms with Crippen LogP contribution in [0.4, 0.5) is 5.69 Å². The summed E-state index contributed by atoms with van der Waals surface area (Å²) in [6.45, 7) is 4.76. The van der Waals surface area contributed by atoms with Crippen molar-refractivity contribution in [3.63, 3.8) is 0 Å². The van der Waals surface area contributed by atoms with Gasteiger partial charge in [0, 0.05) is 16.4 Å². The average Bonchev–Trinajstić information content (AvgIpc) is 2.76. The predicted molar refractivity (Wildman–Crippen MR) is 90.6 cm³/mol. The van der Waals surface area contributed by atoms with Gasteiger partial charge in [0.15, 0.2) is 0 Å². The minimum Gasteiger partial charge on any atom is -0.382 e. The highest BCUT2D eigenvalue weighted by molar-refractivity contribution is 7.17. The number of thiophene rings is 1. The quantitative estimate of drug-likeness (QED) is 0.691. The van der Waals surface area contributed by atoms with Crippen LogP contribution in [0.2, 0.25) is 0 Å². The van der Waals surface area contributed by atoms with E-state index >= 15 is 0 Å². The first kappa shape index (κ1) is 13.9. The van der Waals surface area contributed by atoms with Crippen molar-refractivity contribution in [2.45, 2.75) is 52.0 Å². The van der Waals surface area contributed by atoms with Gasteiger partial charge >= 0.3 is 0 Å². The normalized spacial score (nSPS) is 23.9. The monoisotopic (exact) mass is 287 g/mol. The fourth-order valence-electron chi connectivity index (χ4n) is 3.43. The van der Waals surface area contributed by atoms with Crippen LogP contribution in [0.1, 0.15) is 46.0 Å². The standard InChI is InChI=1S/C18H25NS/c1-13(2)14-4-3-5-16(7-6-14)19-17-8-9-18-15(12-17)10-11-20-18/h8-14,16,19H,3-7H2,1-2H3. The molecule has 1 N–H and O–H groups in total. The fraction of sp³-hybridized carbons (Fsp3) is 0.556. The molecule has 0 aliphatic heterocycles. The second kappa shape index (κ2) is 6.17. The fourth-order valence-corrected chi connectivity index (χ4v) is 4.20. The molecule has 0 bridgehead atoms.